The van der Waals surface area contributed by atoms with Gasteiger partial charge in [-0.05, 0) is 24.6 Å². The predicted octanol–water partition coefficient (Wildman–Crippen LogP) is 1.14. The third-order valence-electron chi connectivity index (χ3n) is 4.86. The number of quaternary nitrogens is 1. The van der Waals surface area contributed by atoms with E-state index in [-0.39, 0.29) is 18.6 Å². The molecule has 0 spiro atoms. The van der Waals surface area contributed by atoms with Gasteiger partial charge in [0, 0.05) is 5.56 Å². The molecule has 1 saturated heterocycles. The summed E-state index contributed by atoms with van der Waals surface area (Å²) in [5.41, 5.74) is 2.62. The Kier molecular flexibility index (Phi) is 7.17. The first-order chi connectivity index (χ1) is 13.6. The minimum absolute atomic E-state index is 0.144. The number of carbonyl (C=O) groups excluding carboxylic acids is 2. The molecule has 0 aliphatic carbocycles. The van der Waals surface area contributed by atoms with Crippen molar-refractivity contribution in [1.29, 1.82) is 0 Å². The average Bonchev–Trinajstić information content (AvgIpc) is 2.74. The molecule has 0 bridgehead atoms. The first-order valence-corrected chi connectivity index (χ1v) is 9.63. The Labute approximate surface area is 165 Å². The van der Waals surface area contributed by atoms with Crippen LogP contribution in [0.3, 0.4) is 0 Å². The van der Waals surface area contributed by atoms with E-state index in [9.17, 15) is 9.59 Å². The van der Waals surface area contributed by atoms with Gasteiger partial charge in [0.05, 0.1) is 24.8 Å². The first-order valence-electron chi connectivity index (χ1n) is 9.63. The molecule has 0 radical (unpaired) electrons. The Morgan fingerprint density at radius 2 is 1.75 bits per heavy atom. The van der Waals surface area contributed by atoms with Crippen molar-refractivity contribution in [3.8, 4) is 0 Å². The van der Waals surface area contributed by atoms with E-state index in [0.29, 0.717) is 5.56 Å². The number of benzene rings is 2. The van der Waals surface area contributed by atoms with Crippen LogP contribution in [0.15, 0.2) is 54.6 Å². The predicted molar refractivity (Wildman–Crippen MR) is 105 cm³/mol. The second-order valence-electron chi connectivity index (χ2n) is 7.01. The molecule has 1 fully saturated rings. The average molecular weight is 383 g/mol. The molecule has 2 aromatic rings. The number of rotatable bonds is 7. The van der Waals surface area contributed by atoms with Crippen LogP contribution >= 0.6 is 0 Å². The fourth-order valence-corrected chi connectivity index (χ4v) is 3.21. The van der Waals surface area contributed by atoms with Crippen LogP contribution in [0, 0.1) is 0 Å². The Morgan fingerprint density at radius 3 is 2.43 bits per heavy atom. The van der Waals surface area contributed by atoms with Gasteiger partial charge in [-0.3, -0.25) is 4.79 Å². The van der Waals surface area contributed by atoms with E-state index < -0.39 is 5.97 Å². The molecule has 3 rings (SSSR count). The number of nitrogens with one attached hydrogen (secondary N) is 2. The molecule has 0 aromatic heterocycles. The molecular weight excluding hydrogens is 356 g/mol. The number of esters is 1. The quantitative estimate of drug-likeness (QED) is 0.704. The smallest absolute Gasteiger partial charge is 0.338 e. The SMILES string of the molecule is C[C@@H](NC(=O)COC(=O)c1ccc(C[NH+]2CCOCC2)cc1)c1ccccc1. The van der Waals surface area contributed by atoms with Gasteiger partial charge in [0.1, 0.15) is 19.6 Å². The number of ether oxygens (including phenoxy) is 2. The van der Waals surface area contributed by atoms with Gasteiger partial charge >= 0.3 is 5.97 Å². The van der Waals surface area contributed by atoms with Crippen LogP contribution in [0.4, 0.5) is 0 Å². The van der Waals surface area contributed by atoms with E-state index in [1.807, 2.05) is 49.4 Å². The Morgan fingerprint density at radius 1 is 1.07 bits per heavy atom. The minimum Gasteiger partial charge on any atom is -0.452 e. The van der Waals surface area contributed by atoms with Crippen LogP contribution in [-0.2, 0) is 20.8 Å². The Bertz CT molecular complexity index is 771. The maximum absolute atomic E-state index is 12.2. The topological polar surface area (TPSA) is 69.1 Å². The highest BCUT2D eigenvalue weighted by Crippen LogP contribution is 2.11. The van der Waals surface area contributed by atoms with Gasteiger partial charge in [0.2, 0.25) is 0 Å². The van der Waals surface area contributed by atoms with Crippen LogP contribution in [0.5, 0.6) is 0 Å². The Balaban J connectivity index is 1.44. The van der Waals surface area contributed by atoms with E-state index in [4.69, 9.17) is 9.47 Å². The lowest BCUT2D eigenvalue weighted by molar-refractivity contribution is -0.921. The monoisotopic (exact) mass is 383 g/mol. The summed E-state index contributed by atoms with van der Waals surface area (Å²) in [6.07, 6.45) is 0. The molecule has 1 aliphatic heterocycles. The van der Waals surface area contributed by atoms with Gasteiger partial charge in [0.25, 0.3) is 5.91 Å². The fraction of sp³-hybridized carbons (Fsp3) is 0.364. The summed E-state index contributed by atoms with van der Waals surface area (Å²) in [7, 11) is 0. The van der Waals surface area contributed by atoms with E-state index in [1.165, 1.54) is 10.5 Å². The summed E-state index contributed by atoms with van der Waals surface area (Å²) in [4.78, 5) is 25.7. The Hall–Kier alpha value is -2.70. The number of hydrogen-bond acceptors (Lipinski definition) is 4. The molecule has 148 valence electrons. The number of carbonyl (C=O) groups is 2. The third kappa shape index (κ3) is 5.90. The summed E-state index contributed by atoms with van der Waals surface area (Å²) >= 11 is 0. The van der Waals surface area contributed by atoms with Crippen molar-refractivity contribution in [2.75, 3.05) is 32.9 Å². The first kappa shape index (κ1) is 20.0. The van der Waals surface area contributed by atoms with Crippen LogP contribution in [0.1, 0.15) is 34.5 Å². The summed E-state index contributed by atoms with van der Waals surface area (Å²) in [5.74, 6) is -0.815. The zero-order chi connectivity index (χ0) is 19.8. The van der Waals surface area contributed by atoms with Crippen molar-refractivity contribution < 1.29 is 24.0 Å². The van der Waals surface area contributed by atoms with Crippen molar-refractivity contribution in [3.05, 3.63) is 71.3 Å². The lowest BCUT2D eigenvalue weighted by atomic mass is 10.1. The van der Waals surface area contributed by atoms with Gasteiger partial charge in [0.15, 0.2) is 6.61 Å². The summed E-state index contributed by atoms with van der Waals surface area (Å²) in [6, 6.07) is 16.9. The summed E-state index contributed by atoms with van der Waals surface area (Å²) < 4.78 is 10.5. The molecule has 1 heterocycles. The highest BCUT2D eigenvalue weighted by Gasteiger charge is 2.16. The van der Waals surface area contributed by atoms with Crippen LogP contribution in [0.2, 0.25) is 0 Å². The van der Waals surface area contributed by atoms with Crippen molar-refractivity contribution in [2.45, 2.75) is 19.5 Å². The van der Waals surface area contributed by atoms with Crippen LogP contribution in [0.25, 0.3) is 0 Å². The molecule has 2 aromatic carbocycles. The van der Waals surface area contributed by atoms with Crippen molar-refractivity contribution >= 4 is 11.9 Å². The summed E-state index contributed by atoms with van der Waals surface area (Å²) in [5, 5.41) is 2.83. The van der Waals surface area contributed by atoms with Gasteiger partial charge in [-0.15, -0.1) is 0 Å². The highest BCUT2D eigenvalue weighted by molar-refractivity contribution is 5.91. The number of hydrogen-bond donors (Lipinski definition) is 2. The molecule has 28 heavy (non-hydrogen) atoms. The second-order valence-corrected chi connectivity index (χ2v) is 7.01. The molecule has 0 saturated carbocycles. The summed E-state index contributed by atoms with van der Waals surface area (Å²) in [6.45, 7) is 6.11. The van der Waals surface area contributed by atoms with E-state index in [0.717, 1.165) is 38.4 Å². The van der Waals surface area contributed by atoms with Gasteiger partial charge in [-0.2, -0.15) is 0 Å². The fourth-order valence-electron chi connectivity index (χ4n) is 3.21. The van der Waals surface area contributed by atoms with Gasteiger partial charge in [-0.25, -0.2) is 4.79 Å². The van der Waals surface area contributed by atoms with E-state index in [1.54, 1.807) is 12.1 Å². The molecule has 1 aliphatic rings. The van der Waals surface area contributed by atoms with E-state index in [2.05, 4.69) is 5.32 Å². The minimum atomic E-state index is -0.493. The maximum atomic E-state index is 12.2. The molecule has 1 amide bonds. The zero-order valence-electron chi connectivity index (χ0n) is 16.1. The lowest BCUT2D eigenvalue weighted by Gasteiger charge is -2.23. The van der Waals surface area contributed by atoms with Crippen LogP contribution < -0.4 is 10.2 Å². The van der Waals surface area contributed by atoms with Gasteiger partial charge < -0.3 is 19.7 Å². The van der Waals surface area contributed by atoms with Crippen molar-refractivity contribution in [3.63, 3.8) is 0 Å². The van der Waals surface area contributed by atoms with Crippen molar-refractivity contribution in [2.24, 2.45) is 0 Å². The maximum Gasteiger partial charge on any atom is 0.338 e. The molecule has 1 atom stereocenters. The zero-order valence-corrected chi connectivity index (χ0v) is 16.1. The van der Waals surface area contributed by atoms with E-state index >= 15 is 0 Å². The lowest BCUT2D eigenvalue weighted by Crippen LogP contribution is -3.12. The molecule has 6 nitrogen and oxygen atoms in total. The third-order valence-corrected chi connectivity index (χ3v) is 4.86. The normalized spacial score (nSPS) is 15.6. The number of amides is 1. The largest absolute Gasteiger partial charge is 0.452 e. The second kappa shape index (κ2) is 10.0. The molecule has 2 N–H and O–H groups in total. The van der Waals surface area contributed by atoms with Crippen molar-refractivity contribution in [1.82, 2.24) is 5.32 Å². The molecule has 0 unspecified atom stereocenters. The van der Waals surface area contributed by atoms with Crippen LogP contribution in [-0.4, -0.2) is 44.8 Å². The molecule has 6 heteroatoms. The standard InChI is InChI=1S/C22H26N2O4/c1-17(19-5-3-2-4-6-19)23-21(25)16-28-22(26)20-9-7-18(8-10-20)15-24-11-13-27-14-12-24/h2-10,17H,11-16H2,1H3,(H,23,25)/p+1/t17-/m1/s1. The highest BCUT2D eigenvalue weighted by atomic mass is 16.5. The molecular formula is C22H27N2O4+. The number of morpholine rings is 1. The van der Waals surface area contributed by atoms with Gasteiger partial charge in [-0.1, -0.05) is 42.5 Å².